The first-order chi connectivity index (χ1) is 9.61. The van der Waals surface area contributed by atoms with Crippen LogP contribution >= 0.6 is 11.8 Å². The molecule has 1 aromatic carbocycles. The zero-order valence-corrected chi connectivity index (χ0v) is 11.8. The first-order valence-corrected chi connectivity index (χ1v) is 7.41. The highest BCUT2D eigenvalue weighted by atomic mass is 32.2. The Morgan fingerprint density at radius 2 is 2.35 bits per heavy atom. The molecule has 0 saturated carbocycles. The normalized spacial score (nSPS) is 22.0. The summed E-state index contributed by atoms with van der Waals surface area (Å²) in [5, 5.41) is 12.2. The first kappa shape index (κ1) is 14.7. The minimum absolute atomic E-state index is 0.353. The predicted molar refractivity (Wildman–Crippen MR) is 74.1 cm³/mol. The van der Waals surface area contributed by atoms with Crippen LogP contribution in [0.3, 0.4) is 0 Å². The summed E-state index contributed by atoms with van der Waals surface area (Å²) in [5.41, 5.74) is 2.21. The van der Waals surface area contributed by atoms with Gasteiger partial charge in [-0.05, 0) is 30.9 Å². The van der Waals surface area contributed by atoms with Crippen LogP contribution in [0.1, 0.15) is 6.42 Å². The molecule has 0 aliphatic carbocycles. The molecule has 2 amide bonds. The molecule has 108 valence electrons. The highest BCUT2D eigenvalue weighted by Gasteiger charge is 2.37. The molecule has 1 fully saturated rings. The summed E-state index contributed by atoms with van der Waals surface area (Å²) in [7, 11) is 0. The van der Waals surface area contributed by atoms with Gasteiger partial charge in [-0.1, -0.05) is 6.07 Å². The van der Waals surface area contributed by atoms with E-state index in [1.54, 1.807) is 30.0 Å². The summed E-state index contributed by atoms with van der Waals surface area (Å²) < 4.78 is 0. The van der Waals surface area contributed by atoms with Crippen LogP contribution in [0.15, 0.2) is 29.2 Å². The number of carbonyl (C=O) groups is 2. The van der Waals surface area contributed by atoms with Crippen molar-refractivity contribution in [2.45, 2.75) is 17.4 Å². The smallest absolute Gasteiger partial charge is 0.267 e. The number of rotatable bonds is 4. The number of carbonyl (C=O) groups excluding carboxylic acids is 2. The summed E-state index contributed by atoms with van der Waals surface area (Å²) in [6.07, 6.45) is 1.30. The first-order valence-electron chi connectivity index (χ1n) is 6.18. The number of benzene rings is 1. The van der Waals surface area contributed by atoms with Gasteiger partial charge in [-0.2, -0.15) is 5.48 Å². The van der Waals surface area contributed by atoms with Gasteiger partial charge in [0.15, 0.2) is 5.75 Å². The van der Waals surface area contributed by atoms with Crippen molar-refractivity contribution >= 4 is 23.6 Å². The lowest BCUT2D eigenvalue weighted by Crippen LogP contribution is -2.52. The van der Waals surface area contributed by atoms with Crippen LogP contribution in [0.25, 0.3) is 0 Å². The third kappa shape index (κ3) is 3.43. The molecular weight excluding hydrogens is 280 g/mol. The van der Waals surface area contributed by atoms with Crippen LogP contribution in [0.5, 0.6) is 5.75 Å². The largest absolute Gasteiger partial charge is 0.392 e. The third-order valence-electron chi connectivity index (χ3n) is 3.00. The Morgan fingerprint density at radius 3 is 3.05 bits per heavy atom. The maximum atomic E-state index is 11.9. The van der Waals surface area contributed by atoms with E-state index in [2.05, 4.69) is 10.8 Å². The molecule has 6 nitrogen and oxygen atoms in total. The molecule has 1 aliphatic rings. The third-order valence-corrected chi connectivity index (χ3v) is 3.73. The molecule has 2 atom stereocenters. The highest BCUT2D eigenvalue weighted by Crippen LogP contribution is 2.20. The van der Waals surface area contributed by atoms with E-state index < -0.39 is 23.8 Å². The molecule has 1 heterocycles. The maximum Gasteiger partial charge on any atom is 0.267 e. The summed E-state index contributed by atoms with van der Waals surface area (Å²) in [6.45, 7) is 0.375. The van der Waals surface area contributed by atoms with E-state index in [0.29, 0.717) is 18.7 Å². The second-order valence-corrected chi connectivity index (χ2v) is 5.25. The number of hydrogen-bond donors (Lipinski definition) is 3. The SMILES string of the molecule is CSc1cccc(ONC(=O)C2C(=O)NCCC2O)c1. The fraction of sp³-hybridized carbons (Fsp3) is 0.385. The van der Waals surface area contributed by atoms with Gasteiger partial charge in [0.1, 0.15) is 5.92 Å². The Labute approximate surface area is 120 Å². The lowest BCUT2D eigenvalue weighted by atomic mass is 9.95. The zero-order chi connectivity index (χ0) is 14.5. The molecule has 20 heavy (non-hydrogen) atoms. The molecule has 1 aliphatic heterocycles. The van der Waals surface area contributed by atoms with Crippen molar-refractivity contribution in [3.63, 3.8) is 0 Å². The van der Waals surface area contributed by atoms with Gasteiger partial charge in [0.2, 0.25) is 5.91 Å². The predicted octanol–water partition coefficient (Wildman–Crippen LogP) is 0.315. The second-order valence-electron chi connectivity index (χ2n) is 4.37. The Hall–Kier alpha value is -1.73. The summed E-state index contributed by atoms with van der Waals surface area (Å²) in [4.78, 5) is 29.6. The van der Waals surface area contributed by atoms with Crippen LogP contribution in [0, 0.1) is 5.92 Å². The molecule has 2 rings (SSSR count). The van der Waals surface area contributed by atoms with Crippen molar-refractivity contribution in [3.8, 4) is 5.75 Å². The van der Waals surface area contributed by atoms with Crippen molar-refractivity contribution in [2.75, 3.05) is 12.8 Å². The van der Waals surface area contributed by atoms with E-state index in [9.17, 15) is 14.7 Å². The van der Waals surface area contributed by atoms with Crippen molar-refractivity contribution in [2.24, 2.45) is 5.92 Å². The number of aliphatic hydroxyl groups is 1. The summed E-state index contributed by atoms with van der Waals surface area (Å²) in [6, 6.07) is 7.17. The Bertz CT molecular complexity index is 509. The van der Waals surface area contributed by atoms with Gasteiger partial charge in [-0.25, -0.2) is 0 Å². The average Bonchev–Trinajstić information content (AvgIpc) is 2.45. The van der Waals surface area contributed by atoms with Gasteiger partial charge in [-0.3, -0.25) is 9.59 Å². The molecule has 1 saturated heterocycles. The topological polar surface area (TPSA) is 87.7 Å². The number of amides is 2. The lowest BCUT2D eigenvalue weighted by molar-refractivity contribution is -0.146. The molecule has 7 heteroatoms. The average molecular weight is 296 g/mol. The van der Waals surface area contributed by atoms with E-state index >= 15 is 0 Å². The number of piperidine rings is 1. The summed E-state index contributed by atoms with van der Waals surface area (Å²) >= 11 is 1.55. The Balaban J connectivity index is 1.95. The van der Waals surface area contributed by atoms with Gasteiger partial charge in [0, 0.05) is 11.4 Å². The molecule has 2 unspecified atom stereocenters. The van der Waals surface area contributed by atoms with Crippen LogP contribution in [-0.4, -0.2) is 35.8 Å². The van der Waals surface area contributed by atoms with Crippen LogP contribution < -0.4 is 15.6 Å². The standard InChI is InChI=1S/C13H16N2O4S/c1-20-9-4-2-3-8(7-9)19-15-13(18)11-10(16)5-6-14-12(11)17/h2-4,7,10-11,16H,5-6H2,1H3,(H,14,17)(H,15,18). The Kier molecular flexibility index (Phi) is 4.86. The van der Waals surface area contributed by atoms with E-state index in [0.717, 1.165) is 4.90 Å². The molecule has 0 spiro atoms. The second kappa shape index (κ2) is 6.62. The molecule has 3 N–H and O–H groups in total. The molecular formula is C13H16N2O4S. The molecule has 0 aromatic heterocycles. The fourth-order valence-electron chi connectivity index (χ4n) is 1.93. The zero-order valence-electron chi connectivity index (χ0n) is 11.0. The monoisotopic (exact) mass is 296 g/mol. The number of nitrogens with one attached hydrogen (secondary N) is 2. The van der Waals surface area contributed by atoms with E-state index in [1.807, 2.05) is 12.3 Å². The van der Waals surface area contributed by atoms with Crippen LogP contribution in [0.2, 0.25) is 0 Å². The number of hydroxylamine groups is 1. The minimum atomic E-state index is -1.13. The lowest BCUT2D eigenvalue weighted by Gasteiger charge is -2.25. The summed E-state index contributed by atoms with van der Waals surface area (Å²) in [5.74, 6) is -1.80. The quantitative estimate of drug-likeness (QED) is 0.423. The van der Waals surface area contributed by atoms with Gasteiger partial charge >= 0.3 is 0 Å². The van der Waals surface area contributed by atoms with Gasteiger partial charge < -0.3 is 15.3 Å². The number of hydrogen-bond acceptors (Lipinski definition) is 5. The van der Waals surface area contributed by atoms with E-state index in [4.69, 9.17) is 4.84 Å². The molecule has 1 aromatic rings. The highest BCUT2D eigenvalue weighted by molar-refractivity contribution is 7.98. The molecule has 0 bridgehead atoms. The van der Waals surface area contributed by atoms with E-state index in [-0.39, 0.29) is 0 Å². The van der Waals surface area contributed by atoms with Crippen LogP contribution in [-0.2, 0) is 9.59 Å². The maximum absolute atomic E-state index is 11.9. The van der Waals surface area contributed by atoms with Crippen molar-refractivity contribution in [3.05, 3.63) is 24.3 Å². The van der Waals surface area contributed by atoms with Crippen molar-refractivity contribution < 1.29 is 19.5 Å². The fourth-order valence-corrected chi connectivity index (χ4v) is 2.37. The van der Waals surface area contributed by atoms with Crippen molar-refractivity contribution in [1.82, 2.24) is 10.8 Å². The van der Waals surface area contributed by atoms with Gasteiger partial charge in [0.05, 0.1) is 6.10 Å². The number of thioether (sulfide) groups is 1. The number of aliphatic hydroxyl groups excluding tert-OH is 1. The van der Waals surface area contributed by atoms with Gasteiger partial charge in [-0.15, -0.1) is 11.8 Å². The minimum Gasteiger partial charge on any atom is -0.392 e. The Morgan fingerprint density at radius 1 is 1.55 bits per heavy atom. The van der Waals surface area contributed by atoms with Crippen LogP contribution in [0.4, 0.5) is 0 Å². The van der Waals surface area contributed by atoms with Gasteiger partial charge in [0.25, 0.3) is 5.91 Å². The van der Waals surface area contributed by atoms with E-state index in [1.165, 1.54) is 0 Å². The molecule has 0 radical (unpaired) electrons. The van der Waals surface area contributed by atoms with Crippen molar-refractivity contribution in [1.29, 1.82) is 0 Å².